The van der Waals surface area contributed by atoms with E-state index in [0.717, 1.165) is 31.6 Å². The Labute approximate surface area is 137 Å². The van der Waals surface area contributed by atoms with Crippen LogP contribution in [0.5, 0.6) is 0 Å². The second-order valence-electron chi connectivity index (χ2n) is 6.22. The van der Waals surface area contributed by atoms with Crippen LogP contribution in [-0.2, 0) is 4.79 Å². The monoisotopic (exact) mass is 309 g/mol. The van der Waals surface area contributed by atoms with Crippen LogP contribution in [0.2, 0.25) is 0 Å². The number of anilines is 1. The van der Waals surface area contributed by atoms with Crippen molar-refractivity contribution in [3.8, 4) is 0 Å². The molecule has 0 saturated carbocycles. The molecule has 1 fully saturated rings. The topological polar surface area (TPSA) is 45.2 Å². The van der Waals surface area contributed by atoms with Crippen LogP contribution < -0.4 is 5.32 Å². The molecular formula is C19H23N3O. The van der Waals surface area contributed by atoms with Crippen molar-refractivity contribution < 1.29 is 4.79 Å². The summed E-state index contributed by atoms with van der Waals surface area (Å²) < 4.78 is 0. The van der Waals surface area contributed by atoms with Gasteiger partial charge in [0.2, 0.25) is 5.91 Å². The molecule has 0 unspecified atom stereocenters. The maximum atomic E-state index is 12.2. The highest BCUT2D eigenvalue weighted by Gasteiger charge is 2.22. The first-order valence-electron chi connectivity index (χ1n) is 8.20. The van der Waals surface area contributed by atoms with Crippen molar-refractivity contribution in [3.05, 3.63) is 59.9 Å². The number of aryl methyl sites for hydroxylation is 1. The number of amides is 1. The Morgan fingerprint density at radius 3 is 2.57 bits per heavy atom. The molecule has 1 saturated heterocycles. The smallest absolute Gasteiger partial charge is 0.238 e. The molecule has 0 aliphatic carbocycles. The van der Waals surface area contributed by atoms with Gasteiger partial charge in [-0.2, -0.15) is 0 Å². The average molecular weight is 309 g/mol. The number of likely N-dealkylation sites (tertiary alicyclic amines) is 1. The van der Waals surface area contributed by atoms with Gasteiger partial charge in [0.25, 0.3) is 0 Å². The Bertz CT molecular complexity index is 631. The quantitative estimate of drug-likeness (QED) is 0.943. The van der Waals surface area contributed by atoms with E-state index in [-0.39, 0.29) is 5.91 Å². The molecule has 0 bridgehead atoms. The molecule has 4 heteroatoms. The number of nitrogens with zero attached hydrogens (tertiary/aromatic N) is 2. The van der Waals surface area contributed by atoms with Gasteiger partial charge in [-0.15, -0.1) is 0 Å². The number of hydrogen-bond acceptors (Lipinski definition) is 3. The third-order valence-corrected chi connectivity index (χ3v) is 4.40. The van der Waals surface area contributed by atoms with Gasteiger partial charge in [0, 0.05) is 23.5 Å². The minimum absolute atomic E-state index is 0.0603. The van der Waals surface area contributed by atoms with Gasteiger partial charge in [-0.25, -0.2) is 0 Å². The maximum absolute atomic E-state index is 12.2. The molecule has 1 aromatic heterocycles. The van der Waals surface area contributed by atoms with Gasteiger partial charge in [0.1, 0.15) is 0 Å². The number of rotatable bonds is 4. The Morgan fingerprint density at radius 2 is 1.91 bits per heavy atom. The van der Waals surface area contributed by atoms with Crippen molar-refractivity contribution in [1.82, 2.24) is 9.88 Å². The highest BCUT2D eigenvalue weighted by Crippen LogP contribution is 2.26. The van der Waals surface area contributed by atoms with Gasteiger partial charge in [-0.1, -0.05) is 23.8 Å². The van der Waals surface area contributed by atoms with E-state index in [0.29, 0.717) is 12.5 Å². The van der Waals surface area contributed by atoms with Gasteiger partial charge in [-0.3, -0.25) is 14.7 Å². The fourth-order valence-electron chi connectivity index (χ4n) is 3.04. The fraction of sp³-hybridized carbons (Fsp3) is 0.368. The third-order valence-electron chi connectivity index (χ3n) is 4.40. The van der Waals surface area contributed by atoms with E-state index < -0.39 is 0 Å². The van der Waals surface area contributed by atoms with Gasteiger partial charge >= 0.3 is 0 Å². The summed E-state index contributed by atoms with van der Waals surface area (Å²) in [5, 5.41) is 2.97. The molecule has 1 aliphatic heterocycles. The van der Waals surface area contributed by atoms with Crippen molar-refractivity contribution in [3.63, 3.8) is 0 Å². The van der Waals surface area contributed by atoms with Crippen molar-refractivity contribution in [2.24, 2.45) is 0 Å². The van der Waals surface area contributed by atoms with E-state index in [1.54, 1.807) is 0 Å². The molecule has 2 aromatic rings. The number of carbonyl (C=O) groups excluding carboxylic acids is 1. The van der Waals surface area contributed by atoms with E-state index in [1.807, 2.05) is 49.5 Å². The van der Waals surface area contributed by atoms with Crippen molar-refractivity contribution in [2.75, 3.05) is 25.0 Å². The van der Waals surface area contributed by atoms with Crippen LogP contribution in [0.1, 0.15) is 30.0 Å². The van der Waals surface area contributed by atoms with Crippen LogP contribution in [0, 0.1) is 6.92 Å². The zero-order valence-corrected chi connectivity index (χ0v) is 13.5. The van der Waals surface area contributed by atoms with Crippen molar-refractivity contribution in [2.45, 2.75) is 25.7 Å². The van der Waals surface area contributed by atoms with E-state index in [1.165, 1.54) is 11.3 Å². The molecule has 2 heterocycles. The third kappa shape index (κ3) is 4.39. The lowest BCUT2D eigenvalue weighted by Gasteiger charge is -2.31. The van der Waals surface area contributed by atoms with Gasteiger partial charge < -0.3 is 5.32 Å². The van der Waals surface area contributed by atoms with E-state index in [9.17, 15) is 4.79 Å². The largest absolute Gasteiger partial charge is 0.325 e. The predicted molar refractivity (Wildman–Crippen MR) is 92.5 cm³/mol. The molecule has 1 aliphatic rings. The summed E-state index contributed by atoms with van der Waals surface area (Å²) in [5.41, 5.74) is 3.24. The number of hydrogen-bond donors (Lipinski definition) is 1. The van der Waals surface area contributed by atoms with Gasteiger partial charge in [0.15, 0.2) is 0 Å². The first kappa shape index (κ1) is 15.7. The molecule has 4 nitrogen and oxygen atoms in total. The Morgan fingerprint density at radius 1 is 1.17 bits per heavy atom. The zero-order chi connectivity index (χ0) is 16.1. The molecule has 23 heavy (non-hydrogen) atoms. The number of nitrogens with one attached hydrogen (secondary N) is 1. The minimum Gasteiger partial charge on any atom is -0.325 e. The number of piperidine rings is 1. The summed E-state index contributed by atoms with van der Waals surface area (Å²) in [4.78, 5) is 18.8. The molecule has 0 atom stereocenters. The summed E-state index contributed by atoms with van der Waals surface area (Å²) in [6, 6.07) is 14.0. The normalized spacial score (nSPS) is 16.2. The lowest BCUT2D eigenvalue weighted by molar-refractivity contribution is -0.117. The SMILES string of the molecule is Cc1ccc(NC(=O)CN2CCC(c3ccccn3)CC2)cc1. The van der Waals surface area contributed by atoms with Crippen LogP contribution in [0.25, 0.3) is 0 Å². The molecule has 3 rings (SSSR count). The average Bonchev–Trinajstić information content (AvgIpc) is 2.58. The van der Waals surface area contributed by atoms with Crippen LogP contribution in [0.4, 0.5) is 5.69 Å². The Kier molecular flexibility index (Phi) is 5.03. The minimum atomic E-state index is 0.0603. The molecule has 1 amide bonds. The number of aromatic nitrogens is 1. The lowest BCUT2D eigenvalue weighted by Crippen LogP contribution is -2.38. The van der Waals surface area contributed by atoms with Gasteiger partial charge in [-0.05, 0) is 57.1 Å². The van der Waals surface area contributed by atoms with Gasteiger partial charge in [0.05, 0.1) is 6.54 Å². The van der Waals surface area contributed by atoms with Crippen molar-refractivity contribution in [1.29, 1.82) is 0 Å². The molecule has 120 valence electrons. The molecule has 1 aromatic carbocycles. The molecule has 0 radical (unpaired) electrons. The summed E-state index contributed by atoms with van der Waals surface area (Å²) in [7, 11) is 0. The van der Waals surface area contributed by atoms with E-state index >= 15 is 0 Å². The highest BCUT2D eigenvalue weighted by molar-refractivity contribution is 5.92. The number of pyridine rings is 1. The second kappa shape index (κ2) is 7.38. The van der Waals surface area contributed by atoms with Crippen molar-refractivity contribution >= 4 is 11.6 Å². The standard InChI is InChI=1S/C19H23N3O/c1-15-5-7-17(8-6-15)21-19(23)14-22-12-9-16(10-13-22)18-4-2-3-11-20-18/h2-8,11,16H,9-10,12-14H2,1H3,(H,21,23). The molecular weight excluding hydrogens is 286 g/mol. The maximum Gasteiger partial charge on any atom is 0.238 e. The molecule has 1 N–H and O–H groups in total. The summed E-state index contributed by atoms with van der Waals surface area (Å²) >= 11 is 0. The van der Waals surface area contributed by atoms with Crippen LogP contribution in [-0.4, -0.2) is 35.4 Å². The predicted octanol–water partition coefficient (Wildman–Crippen LogP) is 3.21. The van der Waals surface area contributed by atoms with E-state index in [4.69, 9.17) is 0 Å². The zero-order valence-electron chi connectivity index (χ0n) is 13.5. The lowest BCUT2D eigenvalue weighted by atomic mass is 9.93. The number of benzene rings is 1. The van der Waals surface area contributed by atoms with Crippen LogP contribution in [0.15, 0.2) is 48.7 Å². The second-order valence-corrected chi connectivity index (χ2v) is 6.22. The summed E-state index contributed by atoms with van der Waals surface area (Å²) in [5.74, 6) is 0.581. The summed E-state index contributed by atoms with van der Waals surface area (Å²) in [6.07, 6.45) is 3.99. The highest BCUT2D eigenvalue weighted by atomic mass is 16.2. The fourth-order valence-corrected chi connectivity index (χ4v) is 3.04. The first-order valence-corrected chi connectivity index (χ1v) is 8.20. The van der Waals surface area contributed by atoms with Crippen LogP contribution >= 0.6 is 0 Å². The number of carbonyl (C=O) groups is 1. The van der Waals surface area contributed by atoms with Crippen LogP contribution in [0.3, 0.4) is 0 Å². The Balaban J connectivity index is 1.47. The Hall–Kier alpha value is -2.20. The first-order chi connectivity index (χ1) is 11.2. The molecule has 0 spiro atoms. The van der Waals surface area contributed by atoms with E-state index in [2.05, 4.69) is 21.3 Å². The summed E-state index contributed by atoms with van der Waals surface area (Å²) in [6.45, 7) is 4.39.